The van der Waals surface area contributed by atoms with Gasteiger partial charge in [-0.1, -0.05) is 48.5 Å². The lowest BCUT2D eigenvalue weighted by Gasteiger charge is -2.15. The minimum Gasteiger partial charge on any atom is -0.382 e. The normalized spacial score (nSPS) is 11.2. The number of para-hydroxylation sites is 2. The highest BCUT2D eigenvalue weighted by Crippen LogP contribution is 2.48. The van der Waals surface area contributed by atoms with Gasteiger partial charge in [0.25, 0.3) is 0 Å². The second-order valence-corrected chi connectivity index (χ2v) is 9.80. The molecule has 3 aromatic carbocycles. The minimum absolute atomic E-state index is 0.0180. The summed E-state index contributed by atoms with van der Waals surface area (Å²) in [6, 6.07) is 15.7. The zero-order valence-corrected chi connectivity index (χ0v) is 18.6. The van der Waals surface area contributed by atoms with Crippen molar-refractivity contribution in [1.29, 1.82) is 0 Å². The second kappa shape index (κ2) is 8.71. The number of rotatable bonds is 6. The molecule has 8 nitrogen and oxygen atoms in total. The minimum atomic E-state index is -3.83. The van der Waals surface area contributed by atoms with Gasteiger partial charge in [0, 0.05) is 11.1 Å². The first-order chi connectivity index (χ1) is 15.0. The zero-order valence-electron chi connectivity index (χ0n) is 16.9. The predicted octanol–water partition coefficient (Wildman–Crippen LogP) is 4.80. The van der Waals surface area contributed by atoms with Crippen molar-refractivity contribution in [2.24, 2.45) is 0 Å². The fourth-order valence-corrected chi connectivity index (χ4v) is 4.03. The second-order valence-electron chi connectivity index (χ2n) is 6.65. The molecule has 0 aliphatic carbocycles. The first-order valence-corrected chi connectivity index (χ1v) is 12.6. The molecule has 32 heavy (non-hydrogen) atoms. The van der Waals surface area contributed by atoms with Crippen molar-refractivity contribution in [2.75, 3.05) is 12.5 Å². The maximum Gasteiger partial charge on any atom is 0.306 e. The molecule has 10 heteroatoms. The van der Waals surface area contributed by atoms with Crippen molar-refractivity contribution >= 4 is 31.6 Å². The molecule has 0 saturated carbocycles. The summed E-state index contributed by atoms with van der Waals surface area (Å²) in [6.07, 6.45) is 1.82. The molecule has 0 fully saturated rings. The molecule has 0 heterocycles. The molecule has 0 amide bonds. The molecule has 0 saturated heterocycles. The maximum absolute atomic E-state index is 11.7. The van der Waals surface area contributed by atoms with Gasteiger partial charge in [0.1, 0.15) is 11.5 Å². The van der Waals surface area contributed by atoms with Crippen LogP contribution in [-0.4, -0.2) is 29.3 Å². The van der Waals surface area contributed by atoms with E-state index in [1.165, 1.54) is 12.1 Å². The van der Waals surface area contributed by atoms with Crippen LogP contribution in [0.25, 0.3) is 31.9 Å². The topological polar surface area (TPSA) is 95.5 Å². The number of benzene rings is 3. The number of hydrogen-bond donors (Lipinski definition) is 0. The van der Waals surface area contributed by atoms with Crippen molar-refractivity contribution in [3.63, 3.8) is 0 Å². The van der Waals surface area contributed by atoms with E-state index in [0.717, 1.165) is 12.5 Å². The van der Waals surface area contributed by atoms with E-state index in [2.05, 4.69) is 9.69 Å². The van der Waals surface area contributed by atoms with Crippen molar-refractivity contribution in [1.82, 2.24) is 0 Å². The number of nitrogens with zero attached hydrogens (tertiary/aromatic N) is 2. The summed E-state index contributed by atoms with van der Waals surface area (Å²) in [4.78, 5) is 7.04. The quantitative estimate of drug-likeness (QED) is 0.381. The Kier molecular flexibility index (Phi) is 6.21. The van der Waals surface area contributed by atoms with Crippen LogP contribution in [0.5, 0.6) is 11.5 Å². The average molecular weight is 469 g/mol. The van der Waals surface area contributed by atoms with Crippen LogP contribution in [0, 0.1) is 13.1 Å². The van der Waals surface area contributed by atoms with Crippen molar-refractivity contribution < 1.29 is 25.2 Å². The Morgan fingerprint density at radius 1 is 0.594 bits per heavy atom. The fraction of sp³-hybridized carbons (Fsp3) is 0.0909. The monoisotopic (exact) mass is 468 g/mol. The van der Waals surface area contributed by atoms with Crippen molar-refractivity contribution in [3.05, 3.63) is 83.5 Å². The first kappa shape index (κ1) is 22.8. The third-order valence-corrected chi connectivity index (χ3v) is 5.18. The van der Waals surface area contributed by atoms with Crippen LogP contribution in [0.15, 0.2) is 60.7 Å². The largest absolute Gasteiger partial charge is 0.382 e. The van der Waals surface area contributed by atoms with Crippen molar-refractivity contribution in [2.45, 2.75) is 0 Å². The Morgan fingerprint density at radius 2 is 0.938 bits per heavy atom. The lowest BCUT2D eigenvalue weighted by molar-refractivity contribution is 0.492. The lowest BCUT2D eigenvalue weighted by Crippen LogP contribution is -2.07. The van der Waals surface area contributed by atoms with E-state index >= 15 is 0 Å². The average Bonchev–Trinajstić information content (AvgIpc) is 2.71. The van der Waals surface area contributed by atoms with Gasteiger partial charge in [0.15, 0.2) is 0 Å². The van der Waals surface area contributed by atoms with Crippen LogP contribution in [0.4, 0.5) is 11.4 Å². The fourth-order valence-electron chi connectivity index (χ4n) is 3.09. The molecule has 0 aliphatic heterocycles. The molecule has 0 radical (unpaired) electrons. The molecule has 162 valence electrons. The molecule has 0 N–H and O–H groups in total. The predicted molar refractivity (Wildman–Crippen MR) is 121 cm³/mol. The third kappa shape index (κ3) is 5.06. The summed E-state index contributed by atoms with van der Waals surface area (Å²) in [6.45, 7) is 15.4. The Hall–Kier alpha value is -3.86. The zero-order chi connectivity index (χ0) is 23.5. The van der Waals surface area contributed by atoms with Gasteiger partial charge >= 0.3 is 20.2 Å². The summed E-state index contributed by atoms with van der Waals surface area (Å²) in [7, 11) is -7.66. The van der Waals surface area contributed by atoms with Crippen LogP contribution in [0.1, 0.15) is 0 Å². The van der Waals surface area contributed by atoms with Gasteiger partial charge in [-0.25, -0.2) is 9.69 Å². The number of hydrogen-bond acceptors (Lipinski definition) is 6. The molecule has 0 aliphatic rings. The Morgan fingerprint density at radius 3 is 1.25 bits per heavy atom. The highest BCUT2D eigenvalue weighted by molar-refractivity contribution is 7.86. The molecule has 3 aromatic rings. The molecule has 0 unspecified atom stereocenters. The molecule has 0 aromatic heterocycles. The SMILES string of the molecule is [C-]#[N+]c1c(-c2ccccc2OS(C)(=O)=O)ccc(-c2ccccc2OS(C)(=O)=O)c1[N+]#[C-]. The molecule has 0 atom stereocenters. The first-order valence-electron chi connectivity index (χ1n) is 8.93. The van der Waals surface area contributed by atoms with E-state index in [1.807, 2.05) is 0 Å². The summed E-state index contributed by atoms with van der Waals surface area (Å²) in [5.41, 5.74) is 1.18. The molecular weight excluding hydrogens is 452 g/mol. The van der Waals surface area contributed by atoms with Crippen molar-refractivity contribution in [3.8, 4) is 33.8 Å². The smallest absolute Gasteiger partial charge is 0.306 e. The molecular formula is C22H16N2O6S2. The summed E-state index contributed by atoms with van der Waals surface area (Å²) in [5, 5.41) is 0. The van der Waals surface area contributed by atoms with Gasteiger partial charge in [-0.05, 0) is 23.3 Å². The van der Waals surface area contributed by atoms with Crippen LogP contribution in [0.3, 0.4) is 0 Å². The van der Waals surface area contributed by atoms with Gasteiger partial charge in [0.2, 0.25) is 11.4 Å². The van der Waals surface area contributed by atoms with E-state index < -0.39 is 20.2 Å². The van der Waals surface area contributed by atoms with Gasteiger partial charge in [-0.3, -0.25) is 0 Å². The van der Waals surface area contributed by atoms with E-state index in [0.29, 0.717) is 22.3 Å². The molecule has 0 spiro atoms. The van der Waals surface area contributed by atoms with Gasteiger partial charge < -0.3 is 8.37 Å². The van der Waals surface area contributed by atoms with Crippen LogP contribution >= 0.6 is 0 Å². The standard InChI is InChI=1S/C22H16N2O6S2/c1-23-21-17(15-9-5-7-11-19(15)29-31(3,25)26)13-14-18(22(21)24-2)16-10-6-8-12-20(16)30-32(4,27)28/h5-14H,3-4H3. The molecule has 0 bridgehead atoms. The summed E-state index contributed by atoms with van der Waals surface area (Å²) in [5.74, 6) is 0.0359. The van der Waals surface area contributed by atoms with E-state index in [9.17, 15) is 16.8 Å². The third-order valence-electron chi connectivity index (χ3n) is 4.21. The lowest BCUT2D eigenvalue weighted by atomic mass is 9.95. The van der Waals surface area contributed by atoms with E-state index in [1.54, 1.807) is 48.5 Å². The summed E-state index contributed by atoms with van der Waals surface area (Å²) >= 11 is 0. The summed E-state index contributed by atoms with van der Waals surface area (Å²) < 4.78 is 56.7. The van der Waals surface area contributed by atoms with Gasteiger partial charge in [-0.2, -0.15) is 16.8 Å². The van der Waals surface area contributed by atoms with Crippen LogP contribution < -0.4 is 8.37 Å². The Balaban J connectivity index is 2.28. The highest BCUT2D eigenvalue weighted by atomic mass is 32.2. The van der Waals surface area contributed by atoms with Crippen LogP contribution in [-0.2, 0) is 20.2 Å². The molecule has 3 rings (SSSR count). The Bertz CT molecular complexity index is 1380. The highest BCUT2D eigenvalue weighted by Gasteiger charge is 2.22. The Labute approximate surface area is 186 Å². The van der Waals surface area contributed by atoms with E-state index in [-0.39, 0.29) is 22.9 Å². The van der Waals surface area contributed by atoms with Gasteiger partial charge in [0.05, 0.1) is 25.7 Å². The van der Waals surface area contributed by atoms with Crippen LogP contribution in [0.2, 0.25) is 0 Å². The maximum atomic E-state index is 11.7. The van der Waals surface area contributed by atoms with Gasteiger partial charge in [-0.15, -0.1) is 0 Å². The van der Waals surface area contributed by atoms with E-state index in [4.69, 9.17) is 21.5 Å².